The first-order chi connectivity index (χ1) is 25.7. The van der Waals surface area contributed by atoms with Crippen LogP contribution < -0.4 is 0 Å². The molecule has 0 heteroatoms. The first-order valence-electron chi connectivity index (χ1n) is 18.1. The average Bonchev–Trinajstić information content (AvgIpc) is 3.20. The van der Waals surface area contributed by atoms with E-state index in [9.17, 15) is 0 Å². The molecule has 0 saturated carbocycles. The maximum absolute atomic E-state index is 2.34. The van der Waals surface area contributed by atoms with Crippen molar-refractivity contribution in [2.75, 3.05) is 0 Å². The summed E-state index contributed by atoms with van der Waals surface area (Å²) in [6.07, 6.45) is 12.4. The van der Waals surface area contributed by atoms with Crippen LogP contribution in [0.5, 0.6) is 0 Å². The lowest BCUT2D eigenvalue weighted by Crippen LogP contribution is -1.92. The molecule has 0 aliphatic carbocycles. The molecule has 52 heavy (non-hydrogen) atoms. The molecule has 0 atom stereocenters. The second-order valence-corrected chi connectivity index (χ2v) is 13.4. The summed E-state index contributed by atoms with van der Waals surface area (Å²) < 4.78 is 0. The molecule has 0 saturated heterocycles. The van der Waals surface area contributed by atoms with E-state index in [0.717, 1.165) is 6.42 Å². The number of hydrogen-bond donors (Lipinski definition) is 0. The van der Waals surface area contributed by atoms with Gasteiger partial charge in [-0.05, 0) is 102 Å². The average molecular weight is 665 g/mol. The standard InChI is InChI=1S/C52H40/c1-38-16-8-9-19-41(38)32-34-50-46-24-12-14-26-48(46)51(49-27-15-13-25-47(49)50)35-33-42-20-10-11-23-45(42)37-52(43-21-6-3-7-22-43)44-30-28-40(29-31-44)36-39-17-4-2-5-18-39/h2-35,37H,36H2,1H3. The van der Waals surface area contributed by atoms with Gasteiger partial charge in [0.05, 0.1) is 0 Å². The molecule has 8 rings (SSSR count). The minimum atomic E-state index is 0.923. The van der Waals surface area contributed by atoms with Crippen molar-refractivity contribution in [1.29, 1.82) is 0 Å². The molecule has 0 fully saturated rings. The van der Waals surface area contributed by atoms with Gasteiger partial charge in [0.15, 0.2) is 0 Å². The van der Waals surface area contributed by atoms with Gasteiger partial charge in [-0.15, -0.1) is 0 Å². The van der Waals surface area contributed by atoms with Gasteiger partial charge >= 0.3 is 0 Å². The predicted octanol–water partition coefficient (Wildman–Crippen LogP) is 13.8. The molecule has 0 bridgehead atoms. The number of rotatable bonds is 9. The number of benzene rings is 8. The Morgan fingerprint density at radius 1 is 0.365 bits per heavy atom. The lowest BCUT2D eigenvalue weighted by atomic mass is 9.90. The van der Waals surface area contributed by atoms with Crippen molar-refractivity contribution in [3.8, 4) is 0 Å². The van der Waals surface area contributed by atoms with E-state index in [0.29, 0.717) is 0 Å². The normalized spacial score (nSPS) is 12.0. The van der Waals surface area contributed by atoms with Crippen LogP contribution in [0.1, 0.15) is 55.6 Å². The van der Waals surface area contributed by atoms with E-state index >= 15 is 0 Å². The van der Waals surface area contributed by atoms with Crippen molar-refractivity contribution in [3.05, 3.63) is 238 Å². The van der Waals surface area contributed by atoms with Crippen molar-refractivity contribution < 1.29 is 0 Å². The Balaban J connectivity index is 1.20. The minimum absolute atomic E-state index is 0.923. The summed E-state index contributed by atoms with van der Waals surface area (Å²) in [7, 11) is 0. The van der Waals surface area contributed by atoms with Crippen LogP contribution in [0.15, 0.2) is 182 Å². The second kappa shape index (κ2) is 15.2. The topological polar surface area (TPSA) is 0 Å². The molecule has 0 nitrogen and oxygen atoms in total. The lowest BCUT2D eigenvalue weighted by molar-refractivity contribution is 1.19. The molecule has 248 valence electrons. The van der Waals surface area contributed by atoms with Gasteiger partial charge in [-0.3, -0.25) is 0 Å². The molecule has 0 radical (unpaired) electrons. The molecule has 0 aliphatic heterocycles. The van der Waals surface area contributed by atoms with Crippen molar-refractivity contribution in [3.63, 3.8) is 0 Å². The summed E-state index contributed by atoms with van der Waals surface area (Å²) in [5, 5.41) is 4.99. The molecule has 0 N–H and O–H groups in total. The third-order valence-corrected chi connectivity index (χ3v) is 9.96. The van der Waals surface area contributed by atoms with E-state index in [-0.39, 0.29) is 0 Å². The highest BCUT2D eigenvalue weighted by molar-refractivity contribution is 6.14. The first-order valence-corrected chi connectivity index (χ1v) is 18.1. The van der Waals surface area contributed by atoms with Gasteiger partial charge in [-0.1, -0.05) is 206 Å². The monoisotopic (exact) mass is 664 g/mol. The summed E-state index contributed by atoms with van der Waals surface area (Å²) in [6, 6.07) is 65.4. The minimum Gasteiger partial charge on any atom is -0.0622 e. The molecule has 8 aromatic carbocycles. The van der Waals surface area contributed by atoms with Crippen LogP contribution in [0.4, 0.5) is 0 Å². The van der Waals surface area contributed by atoms with Crippen LogP contribution >= 0.6 is 0 Å². The van der Waals surface area contributed by atoms with E-state index in [1.54, 1.807) is 0 Å². The third kappa shape index (κ3) is 7.06. The van der Waals surface area contributed by atoms with E-state index in [1.165, 1.54) is 82.8 Å². The summed E-state index contributed by atoms with van der Waals surface area (Å²) in [4.78, 5) is 0. The van der Waals surface area contributed by atoms with Crippen LogP contribution in [-0.4, -0.2) is 0 Å². The van der Waals surface area contributed by atoms with Gasteiger partial charge in [0.2, 0.25) is 0 Å². The number of fused-ring (bicyclic) bond motifs is 2. The smallest absolute Gasteiger partial charge is 0.00258 e. The zero-order valence-corrected chi connectivity index (χ0v) is 29.4. The summed E-state index contributed by atoms with van der Waals surface area (Å²) >= 11 is 0. The Morgan fingerprint density at radius 3 is 1.37 bits per heavy atom. The molecule has 0 unspecified atom stereocenters. The fourth-order valence-corrected chi connectivity index (χ4v) is 7.21. The lowest BCUT2D eigenvalue weighted by Gasteiger charge is -2.14. The molecule has 0 amide bonds. The van der Waals surface area contributed by atoms with Gasteiger partial charge in [-0.2, -0.15) is 0 Å². The number of aryl methyl sites for hydroxylation is 1. The predicted molar refractivity (Wildman–Crippen MR) is 226 cm³/mol. The summed E-state index contributed by atoms with van der Waals surface area (Å²) in [5.41, 5.74) is 13.6. The molecule has 0 spiro atoms. The second-order valence-electron chi connectivity index (χ2n) is 13.4. The Hall–Kier alpha value is -6.50. The van der Waals surface area contributed by atoms with Crippen molar-refractivity contribution >= 4 is 57.5 Å². The summed E-state index contributed by atoms with van der Waals surface area (Å²) in [5.74, 6) is 0. The Morgan fingerprint density at radius 2 is 0.788 bits per heavy atom. The SMILES string of the molecule is Cc1ccccc1C=Cc1c2ccccc2c(C=Cc2ccccc2C=C(c2ccccc2)c2ccc(Cc3ccccc3)cc2)c2ccccc12. The molecule has 0 heterocycles. The van der Waals surface area contributed by atoms with Crippen LogP contribution in [0.2, 0.25) is 0 Å². The third-order valence-electron chi connectivity index (χ3n) is 9.96. The van der Waals surface area contributed by atoms with E-state index in [4.69, 9.17) is 0 Å². The van der Waals surface area contributed by atoms with E-state index in [1.807, 2.05) is 0 Å². The maximum atomic E-state index is 2.34. The van der Waals surface area contributed by atoms with Crippen LogP contribution in [-0.2, 0) is 6.42 Å². The quantitative estimate of drug-likeness (QED) is 0.106. The molecular weight excluding hydrogens is 625 g/mol. The summed E-state index contributed by atoms with van der Waals surface area (Å²) in [6.45, 7) is 2.17. The largest absolute Gasteiger partial charge is 0.0622 e. The zero-order chi connectivity index (χ0) is 35.1. The first kappa shape index (κ1) is 32.7. The van der Waals surface area contributed by atoms with Crippen molar-refractivity contribution in [2.24, 2.45) is 0 Å². The van der Waals surface area contributed by atoms with Crippen molar-refractivity contribution in [2.45, 2.75) is 13.3 Å². The molecule has 8 aromatic rings. The highest BCUT2D eigenvalue weighted by atomic mass is 14.2. The fourth-order valence-electron chi connectivity index (χ4n) is 7.21. The highest BCUT2D eigenvalue weighted by Crippen LogP contribution is 2.36. The van der Waals surface area contributed by atoms with Gasteiger partial charge in [0, 0.05) is 0 Å². The maximum Gasteiger partial charge on any atom is -0.00258 e. The van der Waals surface area contributed by atoms with E-state index in [2.05, 4.69) is 219 Å². The van der Waals surface area contributed by atoms with E-state index < -0.39 is 0 Å². The molecule has 0 aliphatic rings. The van der Waals surface area contributed by atoms with Gasteiger partial charge in [0.1, 0.15) is 0 Å². The van der Waals surface area contributed by atoms with Crippen LogP contribution in [0, 0.1) is 6.92 Å². The van der Waals surface area contributed by atoms with Gasteiger partial charge in [0.25, 0.3) is 0 Å². The van der Waals surface area contributed by atoms with Gasteiger partial charge < -0.3 is 0 Å². The number of hydrogen-bond acceptors (Lipinski definition) is 0. The highest BCUT2D eigenvalue weighted by Gasteiger charge is 2.12. The Labute approximate surface area is 307 Å². The Kier molecular flexibility index (Phi) is 9.54. The fraction of sp³-hybridized carbons (Fsp3) is 0.0385. The zero-order valence-electron chi connectivity index (χ0n) is 29.4. The van der Waals surface area contributed by atoms with Crippen LogP contribution in [0.3, 0.4) is 0 Å². The molecular formula is C52H40. The molecule has 0 aromatic heterocycles. The Bertz CT molecular complexity index is 2510. The van der Waals surface area contributed by atoms with Crippen LogP contribution in [0.25, 0.3) is 57.5 Å². The van der Waals surface area contributed by atoms with Gasteiger partial charge in [-0.25, -0.2) is 0 Å². The van der Waals surface area contributed by atoms with Crippen molar-refractivity contribution in [1.82, 2.24) is 0 Å².